The zero-order chi connectivity index (χ0) is 19.7. The number of benzene rings is 2. The Labute approximate surface area is 174 Å². The van der Waals surface area contributed by atoms with Gasteiger partial charge in [0.05, 0.1) is 20.6 Å². The molecule has 1 amide bonds. The van der Waals surface area contributed by atoms with E-state index in [9.17, 15) is 9.90 Å². The molecule has 2 heterocycles. The van der Waals surface area contributed by atoms with Crippen molar-refractivity contribution in [2.45, 2.75) is 0 Å². The number of nitrogens with zero attached hydrogens (tertiary/aromatic N) is 1. The minimum Gasteiger partial charge on any atom is -0.508 e. The van der Waals surface area contributed by atoms with Gasteiger partial charge < -0.3 is 14.8 Å². The third-order valence-electron chi connectivity index (χ3n) is 3.84. The molecule has 2 N–H and O–H groups in total. The van der Waals surface area contributed by atoms with Gasteiger partial charge in [-0.2, -0.15) is 0 Å². The SMILES string of the molecule is O=C1NC(=Nc2ccc(O)cc2)S/C1=C/c1ccc(-c2ccc(Cl)c(Cl)c2)o1. The first-order valence-electron chi connectivity index (χ1n) is 8.12. The van der Waals surface area contributed by atoms with E-state index in [0.29, 0.717) is 37.3 Å². The number of hydrogen-bond donors (Lipinski definition) is 2. The van der Waals surface area contributed by atoms with Crippen LogP contribution in [-0.2, 0) is 4.79 Å². The minimum atomic E-state index is -0.255. The van der Waals surface area contributed by atoms with Crippen LogP contribution in [0, 0.1) is 0 Å². The van der Waals surface area contributed by atoms with E-state index in [-0.39, 0.29) is 11.7 Å². The first kappa shape index (κ1) is 18.7. The van der Waals surface area contributed by atoms with Gasteiger partial charge in [0.2, 0.25) is 0 Å². The van der Waals surface area contributed by atoms with Crippen molar-refractivity contribution < 1.29 is 14.3 Å². The van der Waals surface area contributed by atoms with E-state index in [0.717, 1.165) is 5.56 Å². The quantitative estimate of drug-likeness (QED) is 0.510. The second-order valence-corrected chi connectivity index (χ2v) is 7.67. The van der Waals surface area contributed by atoms with Gasteiger partial charge in [0, 0.05) is 11.6 Å². The normalized spacial score (nSPS) is 16.7. The van der Waals surface area contributed by atoms with E-state index in [4.69, 9.17) is 27.6 Å². The Balaban J connectivity index is 1.54. The molecule has 1 aliphatic rings. The van der Waals surface area contributed by atoms with Crippen LogP contribution in [-0.4, -0.2) is 16.2 Å². The first-order valence-corrected chi connectivity index (χ1v) is 9.69. The van der Waals surface area contributed by atoms with E-state index in [1.54, 1.807) is 42.5 Å². The summed E-state index contributed by atoms with van der Waals surface area (Å²) in [5.74, 6) is 1.05. The van der Waals surface area contributed by atoms with Crippen molar-refractivity contribution >= 4 is 57.8 Å². The molecule has 1 saturated heterocycles. The molecule has 3 aromatic rings. The predicted octanol–water partition coefficient (Wildman–Crippen LogP) is 5.85. The average molecular weight is 431 g/mol. The van der Waals surface area contributed by atoms with Crippen LogP contribution in [0.1, 0.15) is 5.76 Å². The van der Waals surface area contributed by atoms with Gasteiger partial charge in [-0.25, -0.2) is 4.99 Å². The smallest absolute Gasteiger partial charge is 0.264 e. The summed E-state index contributed by atoms with van der Waals surface area (Å²) >= 11 is 13.2. The number of rotatable bonds is 3. The molecule has 140 valence electrons. The number of phenols is 1. The number of amides is 1. The largest absolute Gasteiger partial charge is 0.508 e. The van der Waals surface area contributed by atoms with Gasteiger partial charge in [0.15, 0.2) is 5.17 Å². The Hall–Kier alpha value is -2.67. The molecular weight excluding hydrogens is 419 g/mol. The van der Waals surface area contributed by atoms with E-state index in [1.165, 1.54) is 23.9 Å². The fourth-order valence-corrected chi connectivity index (χ4v) is 3.61. The van der Waals surface area contributed by atoms with E-state index in [2.05, 4.69) is 10.3 Å². The molecule has 0 atom stereocenters. The molecule has 0 saturated carbocycles. The summed E-state index contributed by atoms with van der Waals surface area (Å²) < 4.78 is 5.80. The monoisotopic (exact) mass is 430 g/mol. The summed E-state index contributed by atoms with van der Waals surface area (Å²) in [4.78, 5) is 17.0. The van der Waals surface area contributed by atoms with Crippen LogP contribution in [0.2, 0.25) is 10.0 Å². The Morgan fingerprint density at radius 2 is 1.82 bits per heavy atom. The summed E-state index contributed by atoms with van der Waals surface area (Å²) in [6, 6.07) is 15.2. The fourth-order valence-electron chi connectivity index (χ4n) is 2.49. The van der Waals surface area contributed by atoms with E-state index < -0.39 is 0 Å². The molecule has 0 bridgehead atoms. The lowest BCUT2D eigenvalue weighted by atomic mass is 10.2. The number of thioether (sulfide) groups is 1. The summed E-state index contributed by atoms with van der Waals surface area (Å²) in [7, 11) is 0. The highest BCUT2D eigenvalue weighted by Crippen LogP contribution is 2.32. The number of carbonyl (C=O) groups is 1. The lowest BCUT2D eigenvalue weighted by Crippen LogP contribution is -2.19. The van der Waals surface area contributed by atoms with Crippen molar-refractivity contribution in [1.29, 1.82) is 0 Å². The molecule has 4 rings (SSSR count). The van der Waals surface area contributed by atoms with Crippen LogP contribution < -0.4 is 5.32 Å². The van der Waals surface area contributed by atoms with E-state index in [1.807, 2.05) is 6.07 Å². The molecule has 0 unspecified atom stereocenters. The van der Waals surface area contributed by atoms with E-state index >= 15 is 0 Å². The van der Waals surface area contributed by atoms with Gasteiger partial charge in [0.25, 0.3) is 5.91 Å². The Kier molecular flexibility index (Phi) is 5.17. The van der Waals surface area contributed by atoms with Crippen molar-refractivity contribution in [2.24, 2.45) is 4.99 Å². The molecule has 28 heavy (non-hydrogen) atoms. The topological polar surface area (TPSA) is 74.8 Å². The van der Waals surface area contributed by atoms with Gasteiger partial charge in [-0.3, -0.25) is 4.79 Å². The molecule has 8 heteroatoms. The molecule has 1 aliphatic heterocycles. The van der Waals surface area contributed by atoms with Gasteiger partial charge in [-0.1, -0.05) is 23.2 Å². The maximum absolute atomic E-state index is 12.2. The molecule has 1 fully saturated rings. The zero-order valence-corrected chi connectivity index (χ0v) is 16.5. The van der Waals surface area contributed by atoms with Crippen molar-refractivity contribution in [3.8, 4) is 17.1 Å². The number of aromatic hydroxyl groups is 1. The number of hydrogen-bond acceptors (Lipinski definition) is 5. The third-order valence-corrected chi connectivity index (χ3v) is 5.48. The second-order valence-electron chi connectivity index (χ2n) is 5.83. The number of amidine groups is 1. The van der Waals surface area contributed by atoms with Crippen molar-refractivity contribution in [2.75, 3.05) is 0 Å². The lowest BCUT2D eigenvalue weighted by Gasteiger charge is -1.99. The van der Waals surface area contributed by atoms with Crippen molar-refractivity contribution in [3.63, 3.8) is 0 Å². The van der Waals surface area contributed by atoms with Crippen LogP contribution in [0.4, 0.5) is 5.69 Å². The molecule has 0 spiro atoms. The number of aliphatic imine (C=N–C) groups is 1. The first-order chi connectivity index (χ1) is 13.5. The standard InChI is InChI=1S/C20H12Cl2N2O3S/c21-15-7-1-11(9-16(15)22)17-8-6-14(27-17)10-18-19(26)24-20(28-18)23-12-2-4-13(25)5-3-12/h1-10,25H,(H,23,24,26)/b18-10+. The molecular formula is C20H12Cl2N2O3S. The lowest BCUT2D eigenvalue weighted by molar-refractivity contribution is -0.115. The number of carbonyl (C=O) groups excluding carboxylic acids is 1. The molecule has 1 aromatic heterocycles. The van der Waals surface area contributed by atoms with Gasteiger partial charge in [0.1, 0.15) is 17.3 Å². The van der Waals surface area contributed by atoms with Gasteiger partial charge in [-0.15, -0.1) is 0 Å². The predicted molar refractivity (Wildman–Crippen MR) is 113 cm³/mol. The number of nitrogens with one attached hydrogen (secondary N) is 1. The zero-order valence-electron chi connectivity index (χ0n) is 14.1. The number of halogens is 2. The molecule has 0 aliphatic carbocycles. The van der Waals surface area contributed by atoms with Crippen LogP contribution in [0.15, 0.2) is 68.9 Å². The molecule has 0 radical (unpaired) electrons. The minimum absolute atomic E-state index is 0.156. The van der Waals surface area contributed by atoms with Crippen LogP contribution in [0.25, 0.3) is 17.4 Å². The Morgan fingerprint density at radius 1 is 1.04 bits per heavy atom. The summed E-state index contributed by atoms with van der Waals surface area (Å²) in [6.07, 6.45) is 1.65. The van der Waals surface area contributed by atoms with Gasteiger partial charge in [-0.05, 0) is 66.4 Å². The van der Waals surface area contributed by atoms with Crippen LogP contribution in [0.5, 0.6) is 5.75 Å². The summed E-state index contributed by atoms with van der Waals surface area (Å²) in [5, 5.41) is 13.4. The van der Waals surface area contributed by atoms with Crippen LogP contribution >= 0.6 is 35.0 Å². The molecule has 5 nitrogen and oxygen atoms in total. The Morgan fingerprint density at radius 3 is 2.57 bits per heavy atom. The maximum Gasteiger partial charge on any atom is 0.264 e. The van der Waals surface area contributed by atoms with Gasteiger partial charge >= 0.3 is 0 Å². The maximum atomic E-state index is 12.2. The summed E-state index contributed by atoms with van der Waals surface area (Å²) in [6.45, 7) is 0. The van der Waals surface area contributed by atoms with Crippen LogP contribution in [0.3, 0.4) is 0 Å². The fraction of sp³-hybridized carbons (Fsp3) is 0. The average Bonchev–Trinajstić information content (AvgIpc) is 3.27. The van der Waals surface area contributed by atoms with Crippen molar-refractivity contribution in [1.82, 2.24) is 5.32 Å². The summed E-state index contributed by atoms with van der Waals surface area (Å²) in [5.41, 5.74) is 1.42. The molecule has 2 aromatic carbocycles. The third kappa shape index (κ3) is 4.09. The number of furan rings is 1. The van der Waals surface area contributed by atoms with Crippen molar-refractivity contribution in [3.05, 3.63) is 75.3 Å². The number of phenolic OH excluding ortho intramolecular Hbond substituents is 1. The highest BCUT2D eigenvalue weighted by atomic mass is 35.5. The Bertz CT molecular complexity index is 1120. The highest BCUT2D eigenvalue weighted by molar-refractivity contribution is 8.18. The highest BCUT2D eigenvalue weighted by Gasteiger charge is 2.24. The second kappa shape index (κ2) is 7.75.